The highest BCUT2D eigenvalue weighted by Gasteiger charge is 2.27. The van der Waals surface area contributed by atoms with Gasteiger partial charge in [0.05, 0.1) is 30.8 Å². The third-order valence-corrected chi connectivity index (χ3v) is 4.68. The molecule has 0 bridgehead atoms. The monoisotopic (exact) mass is 361 g/mol. The molecule has 0 heterocycles. The lowest BCUT2D eigenvalue weighted by Gasteiger charge is -2.23. The zero-order valence-electron chi connectivity index (χ0n) is 15.0. The van der Waals surface area contributed by atoms with E-state index < -0.39 is 0 Å². The van der Waals surface area contributed by atoms with Gasteiger partial charge in [-0.15, -0.1) is 0 Å². The van der Waals surface area contributed by atoms with Gasteiger partial charge in [0.25, 0.3) is 0 Å². The molecule has 0 fully saturated rings. The molecule has 0 radical (unpaired) electrons. The van der Waals surface area contributed by atoms with Crippen LogP contribution in [-0.4, -0.2) is 20.1 Å². The smallest absolute Gasteiger partial charge is 0.232 e. The molecular weight excluding hydrogens is 338 g/mol. The molecule has 0 aliphatic heterocycles. The first kappa shape index (κ1) is 19.1. The zero-order chi connectivity index (χ0) is 18.4. The predicted molar refractivity (Wildman–Crippen MR) is 102 cm³/mol. The van der Waals surface area contributed by atoms with Crippen molar-refractivity contribution < 1.29 is 14.3 Å². The maximum atomic E-state index is 13.0. The lowest BCUT2D eigenvalue weighted by atomic mass is 9.85. The SMILES string of the molecule is CCC(C)C(C(=O)Nc1cc(OC)c(Cl)cc1OC)c1ccccc1. The van der Waals surface area contributed by atoms with E-state index in [9.17, 15) is 4.79 Å². The molecule has 2 unspecified atom stereocenters. The van der Waals surface area contributed by atoms with E-state index in [1.165, 1.54) is 14.2 Å². The third-order valence-electron chi connectivity index (χ3n) is 4.39. The van der Waals surface area contributed by atoms with Gasteiger partial charge < -0.3 is 14.8 Å². The van der Waals surface area contributed by atoms with Crippen LogP contribution < -0.4 is 14.8 Å². The fraction of sp³-hybridized carbons (Fsp3) is 0.350. The van der Waals surface area contributed by atoms with Gasteiger partial charge in [-0.3, -0.25) is 4.79 Å². The van der Waals surface area contributed by atoms with Crippen LogP contribution in [0.15, 0.2) is 42.5 Å². The largest absolute Gasteiger partial charge is 0.495 e. The molecule has 2 atom stereocenters. The van der Waals surface area contributed by atoms with Crippen LogP contribution in [0.3, 0.4) is 0 Å². The molecule has 2 aromatic rings. The number of anilines is 1. The van der Waals surface area contributed by atoms with Crippen LogP contribution in [0.1, 0.15) is 31.7 Å². The number of carbonyl (C=O) groups excluding carboxylic acids is 1. The summed E-state index contributed by atoms with van der Waals surface area (Å²) in [5.74, 6) is 0.844. The molecule has 4 nitrogen and oxygen atoms in total. The highest BCUT2D eigenvalue weighted by atomic mass is 35.5. The van der Waals surface area contributed by atoms with Crippen LogP contribution in [-0.2, 0) is 4.79 Å². The quantitative estimate of drug-likeness (QED) is 0.744. The van der Waals surface area contributed by atoms with Gasteiger partial charge in [-0.2, -0.15) is 0 Å². The summed E-state index contributed by atoms with van der Waals surface area (Å²) in [5, 5.41) is 3.40. The number of nitrogens with one attached hydrogen (secondary N) is 1. The molecule has 1 N–H and O–H groups in total. The summed E-state index contributed by atoms with van der Waals surface area (Å²) in [6, 6.07) is 13.1. The first-order valence-electron chi connectivity index (χ1n) is 8.29. The van der Waals surface area contributed by atoms with Gasteiger partial charge in [-0.1, -0.05) is 62.2 Å². The van der Waals surface area contributed by atoms with Crippen molar-refractivity contribution in [2.24, 2.45) is 5.92 Å². The van der Waals surface area contributed by atoms with E-state index in [-0.39, 0.29) is 17.7 Å². The second kappa shape index (κ2) is 8.77. The second-order valence-corrected chi connectivity index (χ2v) is 6.36. The number of halogens is 1. The summed E-state index contributed by atoms with van der Waals surface area (Å²) in [7, 11) is 3.07. The van der Waals surface area contributed by atoms with Crippen molar-refractivity contribution in [1.29, 1.82) is 0 Å². The third kappa shape index (κ3) is 4.45. The summed E-state index contributed by atoms with van der Waals surface area (Å²) in [4.78, 5) is 13.0. The maximum Gasteiger partial charge on any atom is 0.232 e. The van der Waals surface area contributed by atoms with Gasteiger partial charge in [-0.05, 0) is 11.5 Å². The average molecular weight is 362 g/mol. The van der Waals surface area contributed by atoms with E-state index in [0.717, 1.165) is 12.0 Å². The summed E-state index contributed by atoms with van der Waals surface area (Å²) in [5.41, 5.74) is 1.53. The molecule has 1 amide bonds. The normalized spacial score (nSPS) is 13.0. The molecule has 134 valence electrons. The molecule has 0 aliphatic carbocycles. The van der Waals surface area contributed by atoms with E-state index in [0.29, 0.717) is 22.2 Å². The van der Waals surface area contributed by atoms with Crippen molar-refractivity contribution in [2.75, 3.05) is 19.5 Å². The first-order valence-corrected chi connectivity index (χ1v) is 8.66. The Hall–Kier alpha value is -2.20. The number of amides is 1. The summed E-state index contributed by atoms with van der Waals surface area (Å²) >= 11 is 6.13. The number of methoxy groups -OCH3 is 2. The summed E-state index contributed by atoms with van der Waals surface area (Å²) in [6.07, 6.45) is 0.897. The molecular formula is C20H24ClNO3. The van der Waals surface area contributed by atoms with Crippen LogP contribution in [0.5, 0.6) is 11.5 Å². The maximum absolute atomic E-state index is 13.0. The Balaban J connectivity index is 2.35. The van der Waals surface area contributed by atoms with E-state index in [1.807, 2.05) is 30.3 Å². The van der Waals surface area contributed by atoms with Crippen molar-refractivity contribution >= 4 is 23.2 Å². The second-order valence-electron chi connectivity index (χ2n) is 5.95. The van der Waals surface area contributed by atoms with Crippen molar-refractivity contribution in [2.45, 2.75) is 26.2 Å². The highest BCUT2D eigenvalue weighted by Crippen LogP contribution is 2.37. The van der Waals surface area contributed by atoms with Crippen LogP contribution in [0.4, 0.5) is 5.69 Å². The van der Waals surface area contributed by atoms with Crippen molar-refractivity contribution in [3.63, 3.8) is 0 Å². The Morgan fingerprint density at radius 1 is 1.12 bits per heavy atom. The Bertz CT molecular complexity index is 718. The fourth-order valence-corrected chi connectivity index (χ4v) is 3.03. The van der Waals surface area contributed by atoms with Gasteiger partial charge in [0.15, 0.2) is 0 Å². The molecule has 0 aromatic heterocycles. The fourth-order valence-electron chi connectivity index (χ4n) is 2.80. The minimum atomic E-state index is -0.252. The summed E-state index contributed by atoms with van der Waals surface area (Å²) in [6.45, 7) is 4.16. The predicted octanol–water partition coefficient (Wildman–Crippen LogP) is 5.13. The number of carbonyl (C=O) groups is 1. The highest BCUT2D eigenvalue weighted by molar-refractivity contribution is 6.32. The Morgan fingerprint density at radius 2 is 1.76 bits per heavy atom. The van der Waals surface area contributed by atoms with Crippen molar-refractivity contribution in [1.82, 2.24) is 0 Å². The number of hydrogen-bond donors (Lipinski definition) is 1. The number of hydrogen-bond acceptors (Lipinski definition) is 3. The van der Waals surface area contributed by atoms with E-state index in [4.69, 9.17) is 21.1 Å². The summed E-state index contributed by atoms with van der Waals surface area (Å²) < 4.78 is 10.6. The molecule has 25 heavy (non-hydrogen) atoms. The van der Waals surface area contributed by atoms with E-state index in [2.05, 4.69) is 19.2 Å². The van der Waals surface area contributed by atoms with Gasteiger partial charge in [0, 0.05) is 12.1 Å². The topological polar surface area (TPSA) is 47.6 Å². The van der Waals surface area contributed by atoms with Crippen LogP contribution in [0, 0.1) is 5.92 Å². The molecule has 0 saturated heterocycles. The Morgan fingerprint density at radius 3 is 2.32 bits per heavy atom. The van der Waals surface area contributed by atoms with Gasteiger partial charge in [-0.25, -0.2) is 0 Å². The molecule has 0 spiro atoms. The zero-order valence-corrected chi connectivity index (χ0v) is 15.8. The minimum absolute atomic E-state index is 0.0803. The van der Waals surface area contributed by atoms with Gasteiger partial charge in [0.1, 0.15) is 11.5 Å². The number of benzene rings is 2. The van der Waals surface area contributed by atoms with Crippen LogP contribution in [0.25, 0.3) is 0 Å². The van der Waals surface area contributed by atoms with Crippen LogP contribution in [0.2, 0.25) is 5.02 Å². The molecule has 5 heteroatoms. The average Bonchev–Trinajstić information content (AvgIpc) is 2.63. The van der Waals surface area contributed by atoms with Crippen molar-refractivity contribution in [3.05, 3.63) is 53.1 Å². The van der Waals surface area contributed by atoms with Gasteiger partial charge >= 0.3 is 0 Å². The van der Waals surface area contributed by atoms with Crippen LogP contribution >= 0.6 is 11.6 Å². The van der Waals surface area contributed by atoms with E-state index in [1.54, 1.807) is 12.1 Å². The number of ether oxygens (including phenoxy) is 2. The van der Waals surface area contributed by atoms with Crippen molar-refractivity contribution in [3.8, 4) is 11.5 Å². The lowest BCUT2D eigenvalue weighted by molar-refractivity contribution is -0.118. The van der Waals surface area contributed by atoms with E-state index >= 15 is 0 Å². The number of rotatable bonds is 7. The molecule has 0 aliphatic rings. The molecule has 0 saturated carbocycles. The Labute approximate surface area is 154 Å². The minimum Gasteiger partial charge on any atom is -0.495 e. The molecule has 2 aromatic carbocycles. The first-order chi connectivity index (χ1) is 12.0. The molecule has 2 rings (SSSR count). The standard InChI is InChI=1S/C20H24ClNO3/c1-5-13(2)19(14-9-7-6-8-10-14)20(23)22-16-12-17(24-3)15(21)11-18(16)25-4/h6-13,19H,5H2,1-4H3,(H,22,23). The Kier molecular flexibility index (Phi) is 6.71. The van der Waals surface area contributed by atoms with Gasteiger partial charge in [0.2, 0.25) is 5.91 Å². The lowest BCUT2D eigenvalue weighted by Crippen LogP contribution is -2.26.